The van der Waals surface area contributed by atoms with Gasteiger partial charge in [0.1, 0.15) is 0 Å². The molecule has 0 radical (unpaired) electrons. The lowest BCUT2D eigenvalue weighted by molar-refractivity contribution is 0.0303. The van der Waals surface area contributed by atoms with Crippen LogP contribution in [0.3, 0.4) is 0 Å². The first kappa shape index (κ1) is 16.0. The molecule has 2 rings (SSSR count). The molecule has 0 amide bonds. The molecule has 0 spiro atoms. The molecule has 1 saturated heterocycles. The van der Waals surface area contributed by atoms with Gasteiger partial charge in [0.15, 0.2) is 0 Å². The predicted molar refractivity (Wildman–Crippen MR) is 88.4 cm³/mol. The Morgan fingerprint density at radius 3 is 2.55 bits per heavy atom. The quantitative estimate of drug-likeness (QED) is 0.881. The fraction of sp³-hybridized carbons (Fsp3) is 0.625. The minimum absolute atomic E-state index is 0.160. The molecule has 3 N–H and O–H groups in total. The van der Waals surface area contributed by atoms with Crippen molar-refractivity contribution in [3.05, 3.63) is 33.8 Å². The molecule has 0 aliphatic carbocycles. The van der Waals surface area contributed by atoms with Crippen molar-refractivity contribution in [3.8, 4) is 0 Å². The molecular formula is C16H26BrN3. The topological polar surface area (TPSA) is 41.3 Å². The number of hydrogen-bond acceptors (Lipinski definition) is 3. The molecule has 1 aromatic rings. The molecule has 1 aromatic carbocycles. The number of hydrogen-bond donors (Lipinski definition) is 2. The number of nitrogens with one attached hydrogen (secondary N) is 1. The molecule has 4 heteroatoms. The standard InChI is InChI=1S/C16H26BrN3/c1-11-7-8-14(15(17)9-11)16(10-18)19-20-12(2)5-4-6-13(20)3/h7-9,12-13,16,19H,4-6,10,18H2,1-3H3. The lowest BCUT2D eigenvalue weighted by Gasteiger charge is -2.41. The molecule has 3 atom stereocenters. The summed E-state index contributed by atoms with van der Waals surface area (Å²) in [5, 5.41) is 2.40. The van der Waals surface area contributed by atoms with E-state index in [4.69, 9.17) is 5.73 Å². The number of rotatable bonds is 4. The molecule has 112 valence electrons. The van der Waals surface area contributed by atoms with Crippen molar-refractivity contribution in [1.29, 1.82) is 0 Å². The Morgan fingerprint density at radius 1 is 1.35 bits per heavy atom. The van der Waals surface area contributed by atoms with E-state index in [1.807, 2.05) is 0 Å². The minimum atomic E-state index is 0.160. The Kier molecular flexibility index (Phi) is 5.61. The van der Waals surface area contributed by atoms with Gasteiger partial charge in [-0.15, -0.1) is 0 Å². The van der Waals surface area contributed by atoms with Crippen molar-refractivity contribution in [3.63, 3.8) is 0 Å². The molecule has 20 heavy (non-hydrogen) atoms. The monoisotopic (exact) mass is 339 g/mol. The van der Waals surface area contributed by atoms with Crippen molar-refractivity contribution >= 4 is 15.9 Å². The van der Waals surface area contributed by atoms with Gasteiger partial charge in [0.25, 0.3) is 0 Å². The van der Waals surface area contributed by atoms with Gasteiger partial charge in [0, 0.05) is 23.1 Å². The highest BCUT2D eigenvalue weighted by atomic mass is 79.9. The predicted octanol–water partition coefficient (Wildman–Crippen LogP) is 3.52. The highest BCUT2D eigenvalue weighted by Crippen LogP contribution is 2.27. The Bertz CT molecular complexity index is 439. The highest BCUT2D eigenvalue weighted by Gasteiger charge is 2.27. The lowest BCUT2D eigenvalue weighted by Crippen LogP contribution is -2.54. The SMILES string of the molecule is Cc1ccc(C(CN)NN2C(C)CCCC2C)c(Br)c1. The molecule has 1 aliphatic heterocycles. The molecule has 1 fully saturated rings. The van der Waals surface area contributed by atoms with Crippen LogP contribution in [0.1, 0.15) is 50.3 Å². The van der Waals surface area contributed by atoms with Crippen LogP contribution in [-0.4, -0.2) is 23.6 Å². The largest absolute Gasteiger partial charge is 0.329 e. The summed E-state index contributed by atoms with van der Waals surface area (Å²) in [6.07, 6.45) is 3.83. The number of halogens is 1. The first-order chi connectivity index (χ1) is 9.52. The van der Waals surface area contributed by atoms with Crippen LogP contribution in [-0.2, 0) is 0 Å². The maximum atomic E-state index is 6.01. The molecule has 3 nitrogen and oxygen atoms in total. The summed E-state index contributed by atoms with van der Waals surface area (Å²) < 4.78 is 1.14. The van der Waals surface area contributed by atoms with E-state index in [2.05, 4.69) is 65.3 Å². The second-order valence-corrected chi connectivity index (χ2v) is 6.83. The number of nitrogens with zero attached hydrogens (tertiary/aromatic N) is 1. The highest BCUT2D eigenvalue weighted by molar-refractivity contribution is 9.10. The summed E-state index contributed by atoms with van der Waals surface area (Å²) in [6.45, 7) is 7.28. The zero-order valence-corrected chi connectivity index (χ0v) is 14.3. The van der Waals surface area contributed by atoms with E-state index in [9.17, 15) is 0 Å². The third-order valence-corrected chi connectivity index (χ3v) is 4.95. The molecule has 1 heterocycles. The molecule has 0 bridgehead atoms. The van der Waals surface area contributed by atoms with Crippen molar-refractivity contribution in [2.24, 2.45) is 5.73 Å². The maximum Gasteiger partial charge on any atom is 0.0598 e. The Hall–Kier alpha value is -0.420. The van der Waals surface area contributed by atoms with Crippen LogP contribution < -0.4 is 11.2 Å². The average Bonchev–Trinajstić information content (AvgIpc) is 2.40. The second kappa shape index (κ2) is 7.03. The van der Waals surface area contributed by atoms with E-state index in [1.54, 1.807) is 0 Å². The van der Waals surface area contributed by atoms with Gasteiger partial charge in [-0.1, -0.05) is 34.5 Å². The van der Waals surface area contributed by atoms with Gasteiger partial charge in [0.2, 0.25) is 0 Å². The van der Waals surface area contributed by atoms with Crippen LogP contribution in [0, 0.1) is 6.92 Å². The van der Waals surface area contributed by atoms with Crippen LogP contribution >= 0.6 is 15.9 Å². The number of nitrogens with two attached hydrogens (primary N) is 1. The summed E-state index contributed by atoms with van der Waals surface area (Å²) in [4.78, 5) is 0. The van der Waals surface area contributed by atoms with Crippen molar-refractivity contribution in [1.82, 2.24) is 10.4 Å². The van der Waals surface area contributed by atoms with Gasteiger partial charge in [-0.05, 0) is 50.8 Å². The average molecular weight is 340 g/mol. The van der Waals surface area contributed by atoms with Gasteiger partial charge < -0.3 is 5.73 Å². The first-order valence-corrected chi connectivity index (χ1v) is 8.33. The number of piperidine rings is 1. The lowest BCUT2D eigenvalue weighted by atomic mass is 9.99. The molecule has 1 aliphatic rings. The van der Waals surface area contributed by atoms with E-state index in [1.165, 1.54) is 30.4 Å². The van der Waals surface area contributed by atoms with Gasteiger partial charge in [0.05, 0.1) is 6.04 Å². The Balaban J connectivity index is 2.15. The smallest absolute Gasteiger partial charge is 0.0598 e. The van der Waals surface area contributed by atoms with Crippen LogP contribution in [0.5, 0.6) is 0 Å². The maximum absolute atomic E-state index is 6.01. The van der Waals surface area contributed by atoms with Crippen molar-refractivity contribution < 1.29 is 0 Å². The Morgan fingerprint density at radius 2 is 2.00 bits per heavy atom. The summed E-state index contributed by atoms with van der Waals surface area (Å²) in [5.41, 5.74) is 12.2. The van der Waals surface area contributed by atoms with Crippen LogP contribution in [0.4, 0.5) is 0 Å². The normalized spacial score (nSPS) is 25.6. The van der Waals surface area contributed by atoms with Gasteiger partial charge in [-0.25, -0.2) is 10.4 Å². The Labute approximate surface area is 131 Å². The third kappa shape index (κ3) is 3.61. The molecule has 0 aromatic heterocycles. The number of benzene rings is 1. The summed E-state index contributed by atoms with van der Waals surface area (Å²) in [5.74, 6) is 0. The minimum Gasteiger partial charge on any atom is -0.329 e. The van der Waals surface area contributed by atoms with Crippen LogP contribution in [0.15, 0.2) is 22.7 Å². The second-order valence-electron chi connectivity index (χ2n) is 5.98. The van der Waals surface area contributed by atoms with E-state index in [0.717, 1.165) is 4.47 Å². The van der Waals surface area contributed by atoms with E-state index >= 15 is 0 Å². The molecule has 0 saturated carbocycles. The van der Waals surface area contributed by atoms with Gasteiger partial charge >= 0.3 is 0 Å². The molecular weight excluding hydrogens is 314 g/mol. The third-order valence-electron chi connectivity index (χ3n) is 4.27. The van der Waals surface area contributed by atoms with E-state index < -0.39 is 0 Å². The number of hydrazine groups is 1. The summed E-state index contributed by atoms with van der Waals surface area (Å²) >= 11 is 3.67. The van der Waals surface area contributed by atoms with Gasteiger partial charge in [-0.3, -0.25) is 0 Å². The summed E-state index contributed by atoms with van der Waals surface area (Å²) in [6, 6.07) is 7.77. The first-order valence-electron chi connectivity index (χ1n) is 7.53. The van der Waals surface area contributed by atoms with E-state index in [0.29, 0.717) is 18.6 Å². The summed E-state index contributed by atoms with van der Waals surface area (Å²) in [7, 11) is 0. The molecule has 3 unspecified atom stereocenters. The van der Waals surface area contributed by atoms with Gasteiger partial charge in [-0.2, -0.15) is 0 Å². The number of aryl methyl sites for hydroxylation is 1. The zero-order chi connectivity index (χ0) is 14.7. The van der Waals surface area contributed by atoms with Crippen molar-refractivity contribution in [2.75, 3.05) is 6.54 Å². The van der Waals surface area contributed by atoms with Crippen molar-refractivity contribution in [2.45, 2.75) is 58.2 Å². The zero-order valence-electron chi connectivity index (χ0n) is 12.7. The van der Waals surface area contributed by atoms with E-state index in [-0.39, 0.29) is 6.04 Å². The fourth-order valence-electron chi connectivity index (χ4n) is 3.02. The fourth-order valence-corrected chi connectivity index (χ4v) is 3.79. The van der Waals surface area contributed by atoms with Crippen LogP contribution in [0.2, 0.25) is 0 Å². The van der Waals surface area contributed by atoms with Crippen LogP contribution in [0.25, 0.3) is 0 Å².